The normalized spacial score (nSPS) is 25.1. The van der Waals surface area contributed by atoms with Gasteiger partial charge >= 0.3 is 0 Å². The van der Waals surface area contributed by atoms with Crippen molar-refractivity contribution in [1.82, 2.24) is 10.2 Å². The van der Waals surface area contributed by atoms with Gasteiger partial charge in [-0.05, 0) is 19.4 Å². The number of hydrogen-bond acceptors (Lipinski definition) is 3. The van der Waals surface area contributed by atoms with Crippen LogP contribution in [-0.2, 0) is 0 Å². The van der Waals surface area contributed by atoms with Crippen molar-refractivity contribution < 1.29 is 5.11 Å². The number of aliphatic hydroxyl groups is 1. The van der Waals surface area contributed by atoms with Gasteiger partial charge in [-0.15, -0.1) is 12.4 Å². The highest BCUT2D eigenvalue weighted by Gasteiger charge is 2.23. The molecule has 1 saturated heterocycles. The molecule has 0 radical (unpaired) electrons. The van der Waals surface area contributed by atoms with Crippen molar-refractivity contribution in [2.24, 2.45) is 5.92 Å². The van der Waals surface area contributed by atoms with Crippen LogP contribution in [-0.4, -0.2) is 48.8 Å². The first-order chi connectivity index (χ1) is 6.13. The van der Waals surface area contributed by atoms with E-state index in [4.69, 9.17) is 0 Å². The maximum Gasteiger partial charge on any atom is 0.0679 e. The average molecular weight is 223 g/mol. The molecular weight excluding hydrogens is 200 g/mol. The molecule has 0 aromatic rings. The van der Waals surface area contributed by atoms with E-state index < -0.39 is 0 Å². The summed E-state index contributed by atoms with van der Waals surface area (Å²) in [6.45, 7) is 7.42. The Bertz CT molecular complexity index is 155. The predicted octanol–water partition coefficient (Wildman–Crippen LogP) is 0.719. The van der Waals surface area contributed by atoms with Crippen LogP contribution in [0.2, 0.25) is 0 Å². The number of aliphatic hydroxyl groups excluding tert-OH is 1. The summed E-state index contributed by atoms with van der Waals surface area (Å²) in [5.41, 5.74) is 0. The van der Waals surface area contributed by atoms with Crippen molar-refractivity contribution in [1.29, 1.82) is 0 Å². The molecule has 0 aliphatic carbocycles. The van der Waals surface area contributed by atoms with Crippen LogP contribution < -0.4 is 5.32 Å². The van der Waals surface area contributed by atoms with Crippen molar-refractivity contribution in [3.8, 4) is 0 Å². The molecule has 4 heteroatoms. The van der Waals surface area contributed by atoms with Crippen molar-refractivity contribution in [2.45, 2.75) is 32.4 Å². The molecule has 0 aromatic carbocycles. The van der Waals surface area contributed by atoms with Crippen LogP contribution >= 0.6 is 12.4 Å². The summed E-state index contributed by atoms with van der Waals surface area (Å²) in [6.07, 6.45) is 0.846. The Kier molecular flexibility index (Phi) is 6.70. The fraction of sp³-hybridized carbons (Fsp3) is 1.00. The fourth-order valence-electron chi connectivity index (χ4n) is 1.89. The first-order valence-corrected chi connectivity index (χ1v) is 5.21. The van der Waals surface area contributed by atoms with Gasteiger partial charge in [-0.2, -0.15) is 0 Å². The van der Waals surface area contributed by atoms with Crippen LogP contribution in [0.4, 0.5) is 0 Å². The van der Waals surface area contributed by atoms with Crippen molar-refractivity contribution >= 4 is 12.4 Å². The zero-order valence-corrected chi connectivity index (χ0v) is 10.2. The highest BCUT2D eigenvalue weighted by atomic mass is 35.5. The number of hydrogen-bond donors (Lipinski definition) is 2. The second kappa shape index (κ2) is 6.62. The van der Waals surface area contributed by atoms with E-state index in [9.17, 15) is 5.11 Å². The van der Waals surface area contributed by atoms with E-state index >= 15 is 0 Å². The summed E-state index contributed by atoms with van der Waals surface area (Å²) in [5.74, 6) is 0.655. The lowest BCUT2D eigenvalue weighted by atomic mass is 10.0. The summed E-state index contributed by atoms with van der Waals surface area (Å²) >= 11 is 0. The second-order valence-corrected chi connectivity index (χ2v) is 4.34. The van der Waals surface area contributed by atoms with Crippen molar-refractivity contribution in [3.63, 3.8) is 0 Å². The van der Waals surface area contributed by atoms with Gasteiger partial charge in [0.05, 0.1) is 6.10 Å². The smallest absolute Gasteiger partial charge is 0.0679 e. The Morgan fingerprint density at radius 2 is 2.14 bits per heavy atom. The first kappa shape index (κ1) is 14.2. The predicted molar refractivity (Wildman–Crippen MR) is 62.0 cm³/mol. The van der Waals surface area contributed by atoms with Crippen LogP contribution in [0, 0.1) is 5.92 Å². The largest absolute Gasteiger partial charge is 0.392 e. The van der Waals surface area contributed by atoms with Gasteiger partial charge in [0.1, 0.15) is 0 Å². The number of nitrogens with zero attached hydrogens (tertiary/aromatic N) is 1. The summed E-state index contributed by atoms with van der Waals surface area (Å²) in [7, 11) is 2.01. The maximum atomic E-state index is 9.36. The highest BCUT2D eigenvalue weighted by Crippen LogP contribution is 2.11. The number of likely N-dealkylation sites (tertiary alicyclic amines) is 1. The zero-order valence-electron chi connectivity index (χ0n) is 9.36. The van der Waals surface area contributed by atoms with Gasteiger partial charge in [-0.3, -0.25) is 4.90 Å². The molecule has 0 spiro atoms. The molecule has 1 heterocycles. The van der Waals surface area contributed by atoms with Crippen LogP contribution in [0.15, 0.2) is 0 Å². The lowest BCUT2D eigenvalue weighted by molar-refractivity contribution is 0.169. The Morgan fingerprint density at radius 3 is 2.50 bits per heavy atom. The van der Waals surface area contributed by atoms with Crippen LogP contribution in [0.3, 0.4) is 0 Å². The number of halogens is 1. The third-order valence-corrected chi connectivity index (χ3v) is 2.88. The summed E-state index contributed by atoms with van der Waals surface area (Å²) in [6, 6.07) is 0.547. The van der Waals surface area contributed by atoms with E-state index in [-0.39, 0.29) is 18.5 Å². The molecule has 0 bridgehead atoms. The van der Waals surface area contributed by atoms with Gasteiger partial charge in [0.25, 0.3) is 0 Å². The molecule has 1 fully saturated rings. The summed E-state index contributed by atoms with van der Waals surface area (Å²) in [4.78, 5) is 2.34. The van der Waals surface area contributed by atoms with E-state index in [1.807, 2.05) is 7.05 Å². The molecule has 1 rings (SSSR count). The van der Waals surface area contributed by atoms with Crippen molar-refractivity contribution in [3.05, 3.63) is 0 Å². The van der Waals surface area contributed by atoms with E-state index in [0.29, 0.717) is 12.0 Å². The van der Waals surface area contributed by atoms with Crippen LogP contribution in [0.25, 0.3) is 0 Å². The molecule has 0 amide bonds. The van der Waals surface area contributed by atoms with E-state index in [2.05, 4.69) is 24.1 Å². The molecular formula is C10H23ClN2O. The molecule has 14 heavy (non-hydrogen) atoms. The molecule has 1 aliphatic heterocycles. The quantitative estimate of drug-likeness (QED) is 0.736. The Labute approximate surface area is 93.3 Å². The fourth-order valence-corrected chi connectivity index (χ4v) is 1.89. The van der Waals surface area contributed by atoms with Gasteiger partial charge in [0.2, 0.25) is 0 Å². The molecule has 2 atom stereocenters. The minimum atomic E-state index is -0.0929. The zero-order chi connectivity index (χ0) is 9.84. The molecule has 2 N–H and O–H groups in total. The van der Waals surface area contributed by atoms with E-state index in [0.717, 1.165) is 26.1 Å². The van der Waals surface area contributed by atoms with Gasteiger partial charge in [0, 0.05) is 25.7 Å². The highest BCUT2D eigenvalue weighted by molar-refractivity contribution is 5.85. The van der Waals surface area contributed by atoms with Crippen LogP contribution in [0.5, 0.6) is 0 Å². The maximum absolute atomic E-state index is 9.36. The molecule has 0 aromatic heterocycles. The molecule has 1 aliphatic rings. The number of rotatable bonds is 4. The Morgan fingerprint density at radius 1 is 1.50 bits per heavy atom. The van der Waals surface area contributed by atoms with Gasteiger partial charge in [-0.25, -0.2) is 0 Å². The van der Waals surface area contributed by atoms with Gasteiger partial charge in [0.15, 0.2) is 0 Å². The molecule has 3 nitrogen and oxygen atoms in total. The Balaban J connectivity index is 0.00000169. The second-order valence-electron chi connectivity index (χ2n) is 4.34. The summed E-state index contributed by atoms with van der Waals surface area (Å²) < 4.78 is 0. The van der Waals surface area contributed by atoms with Crippen LogP contribution in [0.1, 0.15) is 20.3 Å². The minimum absolute atomic E-state index is 0. The lowest BCUT2D eigenvalue weighted by Crippen LogP contribution is -2.42. The van der Waals surface area contributed by atoms with E-state index in [1.54, 1.807) is 0 Å². The number of likely N-dealkylation sites (N-methyl/N-ethyl adjacent to an activating group) is 1. The molecule has 0 unspecified atom stereocenters. The SMILES string of the molecule is CN[C@H](CN1CC[C@H](O)C1)C(C)C.Cl. The number of β-amino-alcohol motifs (C(OH)–C–C–N with tert-alkyl or cyclic N) is 1. The minimum Gasteiger partial charge on any atom is -0.392 e. The van der Waals surface area contributed by atoms with Crippen molar-refractivity contribution in [2.75, 3.05) is 26.7 Å². The molecule has 0 saturated carbocycles. The standard InChI is InChI=1S/C10H22N2O.ClH/c1-8(2)10(11-3)7-12-5-4-9(13)6-12;/h8-11,13H,4-7H2,1-3H3;1H/t9-,10+;/m0./s1. The monoisotopic (exact) mass is 222 g/mol. The van der Waals surface area contributed by atoms with E-state index in [1.165, 1.54) is 0 Å². The summed E-state index contributed by atoms with van der Waals surface area (Å²) in [5, 5.41) is 12.7. The average Bonchev–Trinajstić information content (AvgIpc) is 2.46. The first-order valence-electron chi connectivity index (χ1n) is 5.21. The third kappa shape index (κ3) is 4.13. The lowest BCUT2D eigenvalue weighted by Gasteiger charge is -2.25. The van der Waals surface area contributed by atoms with Gasteiger partial charge < -0.3 is 10.4 Å². The van der Waals surface area contributed by atoms with Gasteiger partial charge in [-0.1, -0.05) is 13.8 Å². The number of nitrogens with one attached hydrogen (secondary N) is 1. The Hall–Kier alpha value is 0.170. The topological polar surface area (TPSA) is 35.5 Å². The third-order valence-electron chi connectivity index (χ3n) is 2.88. The molecule has 86 valence electrons.